The quantitative estimate of drug-likeness (QED) is 0.776. The van der Waals surface area contributed by atoms with Crippen LogP contribution in [-0.2, 0) is 0 Å². The van der Waals surface area contributed by atoms with Gasteiger partial charge >= 0.3 is 0 Å². The van der Waals surface area contributed by atoms with Crippen LogP contribution < -0.4 is 5.32 Å². The Morgan fingerprint density at radius 1 is 1.47 bits per heavy atom. The molecule has 0 aliphatic carbocycles. The van der Waals surface area contributed by atoms with E-state index in [1.165, 1.54) is 5.56 Å². The van der Waals surface area contributed by atoms with Crippen molar-refractivity contribution in [2.45, 2.75) is 38.8 Å². The minimum absolute atomic E-state index is 0.242. The van der Waals surface area contributed by atoms with E-state index in [1.807, 2.05) is 26.0 Å². The van der Waals surface area contributed by atoms with E-state index in [9.17, 15) is 5.11 Å². The molecule has 0 aliphatic rings. The lowest BCUT2D eigenvalue weighted by molar-refractivity contribution is 0.0533. The number of pyridine rings is 1. The summed E-state index contributed by atoms with van der Waals surface area (Å²) in [6.07, 6.45) is 4.32. The van der Waals surface area contributed by atoms with Gasteiger partial charge in [0.15, 0.2) is 0 Å². The molecule has 1 aromatic heterocycles. The van der Waals surface area contributed by atoms with Crippen LogP contribution in [0, 0.1) is 0 Å². The lowest BCUT2D eigenvalue weighted by Gasteiger charge is -2.24. The predicted molar refractivity (Wildman–Crippen MR) is 61.6 cm³/mol. The second kappa shape index (κ2) is 5.24. The molecule has 0 aliphatic heterocycles. The van der Waals surface area contributed by atoms with Crippen molar-refractivity contribution in [1.29, 1.82) is 0 Å². The van der Waals surface area contributed by atoms with Gasteiger partial charge < -0.3 is 10.4 Å². The van der Waals surface area contributed by atoms with Gasteiger partial charge in [0.05, 0.1) is 5.60 Å². The first-order chi connectivity index (χ1) is 7.05. The highest BCUT2D eigenvalue weighted by Gasteiger charge is 2.18. The van der Waals surface area contributed by atoms with Crippen LogP contribution in [0.5, 0.6) is 0 Å². The highest BCUT2D eigenvalue weighted by atomic mass is 16.3. The molecule has 0 fully saturated rings. The predicted octanol–water partition coefficient (Wildman–Crippen LogP) is 1.89. The Hall–Kier alpha value is -0.930. The van der Waals surface area contributed by atoms with E-state index in [2.05, 4.69) is 17.2 Å². The summed E-state index contributed by atoms with van der Waals surface area (Å²) in [7, 11) is 0. The molecule has 1 aromatic rings. The van der Waals surface area contributed by atoms with Crippen molar-refractivity contribution < 1.29 is 5.11 Å². The molecule has 1 heterocycles. The number of nitrogens with one attached hydrogen (secondary N) is 1. The SMILES string of the molecule is CCC(C)(O)CN[C@@H](C)c1ccncc1. The molecule has 1 unspecified atom stereocenters. The van der Waals surface area contributed by atoms with Gasteiger partial charge in [-0.05, 0) is 38.0 Å². The zero-order chi connectivity index (χ0) is 11.3. The maximum atomic E-state index is 9.84. The van der Waals surface area contributed by atoms with E-state index in [0.29, 0.717) is 6.54 Å². The molecular weight excluding hydrogens is 188 g/mol. The fraction of sp³-hybridized carbons (Fsp3) is 0.583. The van der Waals surface area contributed by atoms with Crippen LogP contribution >= 0.6 is 0 Å². The van der Waals surface area contributed by atoms with Gasteiger partial charge in [-0.3, -0.25) is 4.98 Å². The molecule has 1 rings (SSSR count). The summed E-state index contributed by atoms with van der Waals surface area (Å²) < 4.78 is 0. The highest BCUT2D eigenvalue weighted by Crippen LogP contribution is 2.13. The van der Waals surface area contributed by atoms with E-state index in [4.69, 9.17) is 0 Å². The number of hydrogen-bond acceptors (Lipinski definition) is 3. The number of aromatic nitrogens is 1. The smallest absolute Gasteiger partial charge is 0.0741 e. The largest absolute Gasteiger partial charge is 0.389 e. The van der Waals surface area contributed by atoms with Crippen molar-refractivity contribution in [3.63, 3.8) is 0 Å². The van der Waals surface area contributed by atoms with E-state index < -0.39 is 5.60 Å². The van der Waals surface area contributed by atoms with Crippen molar-refractivity contribution in [2.24, 2.45) is 0 Å². The summed E-state index contributed by atoms with van der Waals surface area (Å²) in [5.41, 5.74) is 0.568. The Morgan fingerprint density at radius 2 is 2.07 bits per heavy atom. The van der Waals surface area contributed by atoms with E-state index in [1.54, 1.807) is 12.4 Å². The van der Waals surface area contributed by atoms with Gasteiger partial charge in [0, 0.05) is 25.0 Å². The Balaban J connectivity index is 2.47. The van der Waals surface area contributed by atoms with Crippen LogP contribution in [0.25, 0.3) is 0 Å². The molecule has 3 nitrogen and oxygen atoms in total. The van der Waals surface area contributed by atoms with Gasteiger partial charge in [0.1, 0.15) is 0 Å². The summed E-state index contributed by atoms with van der Waals surface area (Å²) >= 11 is 0. The molecule has 2 atom stereocenters. The molecular formula is C12H20N2O. The number of hydrogen-bond donors (Lipinski definition) is 2. The average Bonchev–Trinajstić information content (AvgIpc) is 2.27. The van der Waals surface area contributed by atoms with Crippen molar-refractivity contribution in [2.75, 3.05) is 6.54 Å². The number of nitrogens with zero attached hydrogens (tertiary/aromatic N) is 1. The Kier molecular flexibility index (Phi) is 4.24. The first-order valence-electron chi connectivity index (χ1n) is 5.41. The van der Waals surface area contributed by atoms with Crippen LogP contribution in [-0.4, -0.2) is 22.2 Å². The van der Waals surface area contributed by atoms with Crippen molar-refractivity contribution in [3.8, 4) is 0 Å². The molecule has 3 heteroatoms. The van der Waals surface area contributed by atoms with E-state index in [-0.39, 0.29) is 6.04 Å². The van der Waals surface area contributed by atoms with Crippen molar-refractivity contribution in [1.82, 2.24) is 10.3 Å². The lowest BCUT2D eigenvalue weighted by Crippen LogP contribution is -2.38. The first kappa shape index (κ1) is 12.1. The fourth-order valence-corrected chi connectivity index (χ4v) is 1.27. The topological polar surface area (TPSA) is 45.1 Å². The van der Waals surface area contributed by atoms with Gasteiger partial charge in [-0.1, -0.05) is 6.92 Å². The van der Waals surface area contributed by atoms with E-state index >= 15 is 0 Å². The lowest BCUT2D eigenvalue weighted by atomic mass is 10.0. The molecule has 0 saturated carbocycles. The third-order valence-electron chi connectivity index (χ3n) is 2.76. The molecule has 0 spiro atoms. The summed E-state index contributed by atoms with van der Waals surface area (Å²) in [4.78, 5) is 3.98. The van der Waals surface area contributed by atoms with Gasteiger partial charge in [-0.15, -0.1) is 0 Å². The van der Waals surface area contributed by atoms with Crippen molar-refractivity contribution >= 4 is 0 Å². The third kappa shape index (κ3) is 3.98. The zero-order valence-corrected chi connectivity index (χ0v) is 9.70. The fourth-order valence-electron chi connectivity index (χ4n) is 1.27. The zero-order valence-electron chi connectivity index (χ0n) is 9.70. The van der Waals surface area contributed by atoms with Crippen LogP contribution in [0.15, 0.2) is 24.5 Å². The van der Waals surface area contributed by atoms with E-state index in [0.717, 1.165) is 6.42 Å². The standard InChI is InChI=1S/C12H20N2O/c1-4-12(3,15)9-14-10(2)11-5-7-13-8-6-11/h5-8,10,14-15H,4,9H2,1-3H3/t10-,12?/m0/s1. The van der Waals surface area contributed by atoms with Gasteiger partial charge in [-0.2, -0.15) is 0 Å². The van der Waals surface area contributed by atoms with Gasteiger partial charge in [0.25, 0.3) is 0 Å². The van der Waals surface area contributed by atoms with Crippen LogP contribution in [0.2, 0.25) is 0 Å². The third-order valence-corrected chi connectivity index (χ3v) is 2.76. The van der Waals surface area contributed by atoms with Crippen LogP contribution in [0.4, 0.5) is 0 Å². The average molecular weight is 208 g/mol. The highest BCUT2D eigenvalue weighted by molar-refractivity contribution is 5.13. The minimum Gasteiger partial charge on any atom is -0.389 e. The van der Waals surface area contributed by atoms with Gasteiger partial charge in [-0.25, -0.2) is 0 Å². The molecule has 0 saturated heterocycles. The minimum atomic E-state index is -0.624. The summed E-state index contributed by atoms with van der Waals surface area (Å²) in [5, 5.41) is 13.2. The molecule has 0 bridgehead atoms. The molecule has 84 valence electrons. The van der Waals surface area contributed by atoms with Crippen molar-refractivity contribution in [3.05, 3.63) is 30.1 Å². The Morgan fingerprint density at radius 3 is 2.60 bits per heavy atom. The second-order valence-corrected chi connectivity index (χ2v) is 4.23. The Labute approximate surface area is 91.5 Å². The Bertz CT molecular complexity index is 285. The summed E-state index contributed by atoms with van der Waals surface area (Å²) in [5.74, 6) is 0. The first-order valence-corrected chi connectivity index (χ1v) is 5.41. The molecule has 2 N–H and O–H groups in total. The van der Waals surface area contributed by atoms with Gasteiger partial charge in [0.2, 0.25) is 0 Å². The molecule has 0 radical (unpaired) electrons. The monoisotopic (exact) mass is 208 g/mol. The molecule has 15 heavy (non-hydrogen) atoms. The maximum Gasteiger partial charge on any atom is 0.0741 e. The number of rotatable bonds is 5. The molecule has 0 amide bonds. The van der Waals surface area contributed by atoms with Crippen LogP contribution in [0.3, 0.4) is 0 Å². The second-order valence-electron chi connectivity index (χ2n) is 4.23. The number of aliphatic hydroxyl groups is 1. The maximum absolute atomic E-state index is 9.84. The summed E-state index contributed by atoms with van der Waals surface area (Å²) in [6.45, 7) is 6.52. The van der Waals surface area contributed by atoms with Crippen LogP contribution in [0.1, 0.15) is 38.8 Å². The normalized spacial score (nSPS) is 17.1. The molecule has 0 aromatic carbocycles. The summed E-state index contributed by atoms with van der Waals surface area (Å²) in [6, 6.07) is 4.21.